The van der Waals surface area contributed by atoms with E-state index in [0.717, 1.165) is 11.5 Å². The van der Waals surface area contributed by atoms with E-state index in [1.165, 1.54) is 36.3 Å². The number of nitrogens with one attached hydrogen (secondary N) is 3. The molecule has 1 unspecified atom stereocenters. The van der Waals surface area contributed by atoms with Crippen molar-refractivity contribution in [1.29, 1.82) is 4.78 Å². The van der Waals surface area contributed by atoms with Crippen molar-refractivity contribution in [3.8, 4) is 5.75 Å². The van der Waals surface area contributed by atoms with E-state index in [0.29, 0.717) is 17.7 Å². The number of alkyl halides is 1. The van der Waals surface area contributed by atoms with Crippen molar-refractivity contribution >= 4 is 21.7 Å². The maximum Gasteiger partial charge on any atom is 0.410 e. The summed E-state index contributed by atoms with van der Waals surface area (Å²) in [5, 5.41) is 3.50. The van der Waals surface area contributed by atoms with E-state index in [9.17, 15) is 27.4 Å². The molecule has 1 aliphatic rings. The van der Waals surface area contributed by atoms with Crippen LogP contribution in [-0.4, -0.2) is 59.6 Å². The Bertz CT molecular complexity index is 1310. The van der Waals surface area contributed by atoms with Crippen molar-refractivity contribution in [2.24, 2.45) is 0 Å². The minimum atomic E-state index is -3.48. The van der Waals surface area contributed by atoms with Crippen LogP contribution < -0.4 is 15.6 Å². The number of nitrogens with zero attached hydrogens (tertiary/aromatic N) is 1. The van der Waals surface area contributed by atoms with Gasteiger partial charge in [0.1, 0.15) is 18.8 Å². The molecule has 0 saturated carbocycles. The summed E-state index contributed by atoms with van der Waals surface area (Å²) in [4.78, 5) is 40.8. The lowest BCUT2D eigenvalue weighted by atomic mass is 10.0. The van der Waals surface area contributed by atoms with Crippen LogP contribution in [0.15, 0.2) is 45.4 Å². The van der Waals surface area contributed by atoms with Crippen LogP contribution in [0.4, 0.5) is 13.6 Å². The van der Waals surface area contributed by atoms with Crippen LogP contribution in [0, 0.1) is 10.6 Å². The number of rotatable bonds is 8. The van der Waals surface area contributed by atoms with E-state index in [4.69, 9.17) is 14.3 Å². The molecule has 0 fully saturated rings. The average molecular weight is 511 g/mol. The molecular formula is C22H24F2N4O6S. The number of halogens is 2. The highest BCUT2D eigenvalue weighted by Crippen LogP contribution is 2.22. The van der Waals surface area contributed by atoms with E-state index in [1.54, 1.807) is 0 Å². The third kappa shape index (κ3) is 6.23. The maximum absolute atomic E-state index is 13.9. The van der Waals surface area contributed by atoms with Gasteiger partial charge in [-0.3, -0.25) is 9.59 Å². The molecule has 3 rings (SSSR count). The van der Waals surface area contributed by atoms with Gasteiger partial charge in [-0.1, -0.05) is 6.08 Å². The molecule has 0 spiro atoms. The Morgan fingerprint density at radius 3 is 2.80 bits per heavy atom. The van der Waals surface area contributed by atoms with Gasteiger partial charge >= 0.3 is 6.09 Å². The van der Waals surface area contributed by atoms with E-state index < -0.39 is 39.8 Å². The van der Waals surface area contributed by atoms with Crippen LogP contribution in [0.2, 0.25) is 0 Å². The molecule has 13 heteroatoms. The number of pyridine rings is 1. The molecule has 0 aliphatic carbocycles. The lowest BCUT2D eigenvalue weighted by Gasteiger charge is -2.27. The van der Waals surface area contributed by atoms with Gasteiger partial charge in [-0.05, 0) is 29.8 Å². The fourth-order valence-electron chi connectivity index (χ4n) is 3.39. The molecular weight excluding hydrogens is 486 g/mol. The molecule has 188 valence electrons. The Morgan fingerprint density at radius 2 is 2.11 bits per heavy atom. The zero-order valence-electron chi connectivity index (χ0n) is 18.8. The molecule has 1 aliphatic heterocycles. The highest BCUT2D eigenvalue weighted by molar-refractivity contribution is 7.95. The van der Waals surface area contributed by atoms with E-state index in [1.807, 2.05) is 0 Å². The van der Waals surface area contributed by atoms with Crippen LogP contribution in [0.25, 0.3) is 0 Å². The fraction of sp³-hybridized carbons (Fsp3) is 0.318. The number of fused-ring (bicyclic) bond motifs is 1. The normalized spacial score (nSPS) is 14.8. The summed E-state index contributed by atoms with van der Waals surface area (Å²) in [7, 11) is -2.20. The minimum absolute atomic E-state index is 0.0461. The summed E-state index contributed by atoms with van der Waals surface area (Å²) in [6, 6.07) is 4.89. The Hall–Kier alpha value is -3.74. The number of benzene rings is 1. The molecule has 1 aromatic carbocycles. The number of carbonyl (C=O) groups excluding carboxylic acids is 2. The van der Waals surface area contributed by atoms with Gasteiger partial charge in [-0.2, -0.15) is 0 Å². The third-order valence-corrected chi connectivity index (χ3v) is 6.69. The lowest BCUT2D eigenvalue weighted by molar-refractivity contribution is 0.0918. The summed E-state index contributed by atoms with van der Waals surface area (Å²) in [6.45, 7) is -0.946. The molecule has 2 aromatic rings. The second-order valence-corrected chi connectivity index (χ2v) is 9.41. The van der Waals surface area contributed by atoms with Crippen LogP contribution in [0.1, 0.15) is 21.6 Å². The second-order valence-electron chi connectivity index (χ2n) is 7.47. The first kappa shape index (κ1) is 25.9. The first-order valence-electron chi connectivity index (χ1n) is 10.5. The number of H-pyrrole nitrogens is 1. The summed E-state index contributed by atoms with van der Waals surface area (Å²) in [6.07, 6.45) is 0.917. The average Bonchev–Trinajstić information content (AvgIpc) is 2.84. The number of amides is 2. The summed E-state index contributed by atoms with van der Waals surface area (Å²) in [5.74, 6) is -1.52. The highest BCUT2D eigenvalue weighted by Gasteiger charge is 2.24. The van der Waals surface area contributed by atoms with Gasteiger partial charge in [-0.25, -0.2) is 22.6 Å². The van der Waals surface area contributed by atoms with Gasteiger partial charge in [0.2, 0.25) is 0 Å². The number of hydrogen-bond acceptors (Lipinski definition) is 7. The van der Waals surface area contributed by atoms with Crippen LogP contribution in [0.3, 0.4) is 0 Å². The van der Waals surface area contributed by atoms with Crippen molar-refractivity contribution in [2.75, 3.05) is 33.5 Å². The van der Waals surface area contributed by atoms with Crippen molar-refractivity contribution in [3.63, 3.8) is 0 Å². The first-order valence-corrected chi connectivity index (χ1v) is 12.1. The number of carbonyl (C=O) groups is 2. The van der Waals surface area contributed by atoms with E-state index >= 15 is 0 Å². The molecule has 35 heavy (non-hydrogen) atoms. The molecule has 0 saturated heterocycles. The lowest BCUT2D eigenvalue weighted by Crippen LogP contribution is -2.39. The maximum atomic E-state index is 13.9. The number of methoxy groups -OCH3 is 1. The van der Waals surface area contributed by atoms with E-state index in [2.05, 4.69) is 10.3 Å². The number of ether oxygens (including phenoxy) is 2. The van der Waals surface area contributed by atoms with Gasteiger partial charge in [-0.15, -0.1) is 0 Å². The topological polar surface area (TPSA) is 142 Å². The fourth-order valence-corrected chi connectivity index (χ4v) is 4.47. The molecule has 2 heterocycles. The zero-order chi connectivity index (χ0) is 25.6. The van der Waals surface area contributed by atoms with Crippen LogP contribution in [0.5, 0.6) is 5.75 Å². The summed E-state index contributed by atoms with van der Waals surface area (Å²) >= 11 is 0. The van der Waals surface area contributed by atoms with E-state index in [-0.39, 0.29) is 42.4 Å². The molecule has 0 radical (unpaired) electrons. The Balaban J connectivity index is 1.65. The van der Waals surface area contributed by atoms with Crippen molar-refractivity contribution in [1.82, 2.24) is 15.2 Å². The highest BCUT2D eigenvalue weighted by atomic mass is 32.2. The minimum Gasteiger partial charge on any atom is -0.494 e. The molecule has 1 aromatic heterocycles. The summed E-state index contributed by atoms with van der Waals surface area (Å²) in [5.41, 5.74) is 0.322. The Morgan fingerprint density at radius 1 is 1.34 bits per heavy atom. The number of aromatic amines is 1. The SMILES string of the molecule is COc1ccc(S(=N)(=O)/C=C/CNC(=O)c2cc3c([nH]c2=O)CCN(C(=O)OCCF)C3)cc1F. The largest absolute Gasteiger partial charge is 0.494 e. The zero-order valence-corrected chi connectivity index (χ0v) is 19.6. The Labute approximate surface area is 199 Å². The van der Waals surface area contributed by atoms with Gasteiger partial charge in [0.25, 0.3) is 11.5 Å². The predicted octanol–water partition coefficient (Wildman–Crippen LogP) is 2.34. The molecule has 0 bridgehead atoms. The standard InChI is InChI=1S/C22H24F2N4O6S/c1-33-19-4-3-15(12-17(19)24)35(25,32)10-2-7-26-20(29)16-11-14-13-28(22(31)34-9-6-23)8-5-18(14)27-21(16)30/h2-4,10-12,25H,5-9,13H2,1H3,(H,26,29)(H,27,30)/b10-2+. The first-order chi connectivity index (χ1) is 16.7. The van der Waals surface area contributed by atoms with Crippen molar-refractivity contribution in [3.05, 3.63) is 68.7 Å². The Kier molecular flexibility index (Phi) is 8.22. The van der Waals surface area contributed by atoms with Crippen molar-refractivity contribution < 1.29 is 32.1 Å². The summed E-state index contributed by atoms with van der Waals surface area (Å²) < 4.78 is 56.2. The van der Waals surface area contributed by atoms with Gasteiger partial charge < -0.3 is 24.7 Å². The molecule has 1 atom stereocenters. The van der Waals surface area contributed by atoms with Gasteiger partial charge in [0, 0.05) is 30.6 Å². The molecule has 2 amide bonds. The number of aromatic nitrogens is 1. The smallest absolute Gasteiger partial charge is 0.410 e. The number of hydrogen-bond donors (Lipinski definition) is 3. The second kappa shape index (κ2) is 11.1. The van der Waals surface area contributed by atoms with Gasteiger partial charge in [0.05, 0.1) is 28.3 Å². The van der Waals surface area contributed by atoms with Crippen LogP contribution in [-0.2, 0) is 27.4 Å². The van der Waals surface area contributed by atoms with Crippen molar-refractivity contribution in [2.45, 2.75) is 17.9 Å². The monoisotopic (exact) mass is 510 g/mol. The predicted molar refractivity (Wildman–Crippen MR) is 122 cm³/mol. The van der Waals surface area contributed by atoms with Gasteiger partial charge in [0.15, 0.2) is 11.6 Å². The molecule has 3 N–H and O–H groups in total. The third-order valence-electron chi connectivity index (χ3n) is 5.16. The van der Waals surface area contributed by atoms with Crippen LogP contribution >= 0.6 is 0 Å². The molecule has 10 nitrogen and oxygen atoms in total. The quantitative estimate of drug-likeness (QED) is 0.498.